The Balaban J connectivity index is 1.18. The van der Waals surface area contributed by atoms with E-state index in [9.17, 15) is 4.79 Å². The van der Waals surface area contributed by atoms with E-state index in [-0.39, 0.29) is 18.5 Å². The van der Waals surface area contributed by atoms with Gasteiger partial charge < -0.3 is 24.0 Å². The molecule has 6 rings (SSSR count). The number of nitrogens with zero attached hydrogens (tertiary/aromatic N) is 6. The van der Waals surface area contributed by atoms with Crippen molar-refractivity contribution < 1.29 is 9.53 Å². The molecule has 190 valence electrons. The molecule has 0 radical (unpaired) electrons. The van der Waals surface area contributed by atoms with Crippen molar-refractivity contribution in [3.8, 4) is 5.75 Å². The van der Waals surface area contributed by atoms with Crippen molar-refractivity contribution in [1.29, 1.82) is 0 Å². The van der Waals surface area contributed by atoms with Crippen molar-refractivity contribution in [3.63, 3.8) is 0 Å². The summed E-state index contributed by atoms with van der Waals surface area (Å²) in [4.78, 5) is 28.9. The summed E-state index contributed by atoms with van der Waals surface area (Å²) in [6, 6.07) is 18.8. The number of piperazine rings is 1. The predicted molar refractivity (Wildman–Crippen MR) is 145 cm³/mol. The number of pyridine rings is 1. The second-order valence-electron chi connectivity index (χ2n) is 9.86. The highest BCUT2D eigenvalue weighted by molar-refractivity contribution is 5.79. The Hall–Kier alpha value is -4.07. The van der Waals surface area contributed by atoms with Crippen molar-refractivity contribution in [2.24, 2.45) is 0 Å². The molecule has 0 saturated carbocycles. The first-order chi connectivity index (χ1) is 18.1. The maximum absolute atomic E-state index is 13.3. The van der Waals surface area contributed by atoms with Crippen LogP contribution in [0.1, 0.15) is 18.1 Å². The number of aromatic nitrogens is 3. The monoisotopic (exact) mass is 496 g/mol. The first kappa shape index (κ1) is 23.3. The van der Waals surface area contributed by atoms with Crippen molar-refractivity contribution in [1.82, 2.24) is 19.4 Å². The van der Waals surface area contributed by atoms with Crippen LogP contribution in [0.3, 0.4) is 0 Å². The summed E-state index contributed by atoms with van der Waals surface area (Å²) in [6.07, 6.45) is 4.45. The molecule has 1 saturated heterocycles. The molecule has 4 heterocycles. The normalized spacial score (nSPS) is 17.7. The van der Waals surface area contributed by atoms with E-state index in [1.165, 1.54) is 16.8 Å². The fourth-order valence-corrected chi connectivity index (χ4v) is 5.75. The quantitative estimate of drug-likeness (QED) is 0.419. The first-order valence-corrected chi connectivity index (χ1v) is 12.9. The Labute approximate surface area is 217 Å². The van der Waals surface area contributed by atoms with Crippen LogP contribution < -0.4 is 14.5 Å². The summed E-state index contributed by atoms with van der Waals surface area (Å²) in [5.74, 6) is 1.01. The summed E-state index contributed by atoms with van der Waals surface area (Å²) in [7, 11) is 1.73. The third-order valence-electron chi connectivity index (χ3n) is 7.64. The second-order valence-corrected chi connectivity index (χ2v) is 9.86. The highest BCUT2D eigenvalue weighted by atomic mass is 16.5. The Kier molecular flexibility index (Phi) is 6.16. The third-order valence-corrected chi connectivity index (χ3v) is 7.64. The second kappa shape index (κ2) is 9.76. The van der Waals surface area contributed by atoms with E-state index in [2.05, 4.69) is 57.0 Å². The van der Waals surface area contributed by atoms with Gasteiger partial charge in [-0.1, -0.05) is 24.3 Å². The summed E-state index contributed by atoms with van der Waals surface area (Å²) in [5, 5.41) is 0. The highest BCUT2D eigenvalue weighted by Crippen LogP contribution is 2.36. The molecule has 0 N–H and O–H groups in total. The molecule has 0 bridgehead atoms. The minimum Gasteiger partial charge on any atom is -0.495 e. The average molecular weight is 497 g/mol. The molecule has 1 fully saturated rings. The molecule has 2 aliphatic heterocycles. The van der Waals surface area contributed by atoms with E-state index < -0.39 is 0 Å². The molecule has 8 nitrogen and oxygen atoms in total. The summed E-state index contributed by atoms with van der Waals surface area (Å²) in [6.45, 7) is 6.52. The number of para-hydroxylation sites is 2. The van der Waals surface area contributed by atoms with Gasteiger partial charge in [0.15, 0.2) is 5.65 Å². The van der Waals surface area contributed by atoms with Crippen molar-refractivity contribution >= 4 is 28.4 Å². The topological polar surface area (TPSA) is 66.7 Å². The van der Waals surface area contributed by atoms with E-state index in [0.29, 0.717) is 6.54 Å². The van der Waals surface area contributed by atoms with E-state index in [1.54, 1.807) is 19.6 Å². The fourth-order valence-electron chi connectivity index (χ4n) is 5.75. The van der Waals surface area contributed by atoms with Gasteiger partial charge in [0, 0.05) is 50.6 Å². The van der Waals surface area contributed by atoms with E-state index in [1.807, 2.05) is 33.7 Å². The van der Waals surface area contributed by atoms with Gasteiger partial charge >= 0.3 is 0 Å². The van der Waals surface area contributed by atoms with Crippen LogP contribution in [0.15, 0.2) is 67.1 Å². The largest absolute Gasteiger partial charge is 0.495 e. The smallest absolute Gasteiger partial charge is 0.242 e. The number of hydrogen-bond donors (Lipinski definition) is 0. The van der Waals surface area contributed by atoms with Crippen LogP contribution in [0.2, 0.25) is 0 Å². The molecule has 1 amide bonds. The van der Waals surface area contributed by atoms with Crippen LogP contribution in [-0.2, 0) is 24.3 Å². The zero-order valence-electron chi connectivity index (χ0n) is 21.4. The molecule has 1 unspecified atom stereocenters. The van der Waals surface area contributed by atoms with Gasteiger partial charge in [-0.15, -0.1) is 0 Å². The minimum absolute atomic E-state index is 0.105. The summed E-state index contributed by atoms with van der Waals surface area (Å²) in [5.41, 5.74) is 6.76. The Morgan fingerprint density at radius 3 is 2.70 bits per heavy atom. The van der Waals surface area contributed by atoms with E-state index in [4.69, 9.17) is 4.74 Å². The zero-order chi connectivity index (χ0) is 25.4. The maximum Gasteiger partial charge on any atom is 0.242 e. The molecule has 0 aliphatic carbocycles. The Morgan fingerprint density at radius 1 is 0.973 bits per heavy atom. The molecule has 37 heavy (non-hydrogen) atoms. The van der Waals surface area contributed by atoms with Crippen LogP contribution >= 0.6 is 0 Å². The van der Waals surface area contributed by atoms with Gasteiger partial charge in [0.25, 0.3) is 0 Å². The number of ether oxygens (including phenoxy) is 1. The lowest BCUT2D eigenvalue weighted by Crippen LogP contribution is -2.55. The lowest BCUT2D eigenvalue weighted by molar-refractivity contribution is -0.134. The number of imidazole rings is 1. The number of carbonyl (C=O) groups excluding carboxylic acids is 1. The van der Waals surface area contributed by atoms with Crippen molar-refractivity contribution in [3.05, 3.63) is 78.2 Å². The molecule has 0 spiro atoms. The number of anilines is 2. The molecule has 2 aromatic carbocycles. The number of rotatable bonds is 5. The van der Waals surface area contributed by atoms with Gasteiger partial charge in [0.1, 0.15) is 17.8 Å². The van der Waals surface area contributed by atoms with Crippen LogP contribution in [0, 0.1) is 0 Å². The van der Waals surface area contributed by atoms with Crippen molar-refractivity contribution in [2.45, 2.75) is 32.5 Å². The van der Waals surface area contributed by atoms with Crippen LogP contribution in [0.25, 0.3) is 11.2 Å². The average Bonchev–Trinajstić information content (AvgIpc) is 3.35. The molecule has 1 atom stereocenters. The molecule has 8 heteroatoms. The zero-order valence-corrected chi connectivity index (χ0v) is 21.4. The third kappa shape index (κ3) is 4.37. The van der Waals surface area contributed by atoms with Gasteiger partial charge in [-0.3, -0.25) is 4.79 Å². The van der Waals surface area contributed by atoms with Gasteiger partial charge in [0.05, 0.1) is 19.1 Å². The van der Waals surface area contributed by atoms with Gasteiger partial charge in [-0.25, -0.2) is 9.97 Å². The Morgan fingerprint density at radius 2 is 1.84 bits per heavy atom. The summed E-state index contributed by atoms with van der Waals surface area (Å²) >= 11 is 0. The lowest BCUT2D eigenvalue weighted by Gasteiger charge is -2.43. The number of benzene rings is 2. The Bertz CT molecular complexity index is 1430. The number of amides is 1. The fraction of sp³-hybridized carbons (Fsp3) is 0.345. The SMILES string of the molecule is COc1ccccc1N1CCc2cccc(N3CCN(C(=O)Cn4cnc5cccnc54)C(C)C3)c2C1. The molecule has 2 aromatic heterocycles. The molecule has 4 aromatic rings. The van der Waals surface area contributed by atoms with E-state index >= 15 is 0 Å². The highest BCUT2D eigenvalue weighted by Gasteiger charge is 2.30. The maximum atomic E-state index is 13.3. The lowest BCUT2D eigenvalue weighted by atomic mass is 9.96. The molecular weight excluding hydrogens is 464 g/mol. The number of carbonyl (C=O) groups is 1. The van der Waals surface area contributed by atoms with Gasteiger partial charge in [0.2, 0.25) is 5.91 Å². The predicted octanol–water partition coefficient (Wildman–Crippen LogP) is 3.74. The van der Waals surface area contributed by atoms with Crippen LogP contribution in [0.5, 0.6) is 5.75 Å². The number of methoxy groups -OCH3 is 1. The van der Waals surface area contributed by atoms with Gasteiger partial charge in [-0.2, -0.15) is 0 Å². The van der Waals surface area contributed by atoms with Crippen molar-refractivity contribution in [2.75, 3.05) is 43.1 Å². The number of fused-ring (bicyclic) bond motifs is 2. The van der Waals surface area contributed by atoms with Crippen LogP contribution in [0.4, 0.5) is 11.4 Å². The minimum atomic E-state index is 0.105. The van der Waals surface area contributed by atoms with E-state index in [0.717, 1.165) is 55.2 Å². The van der Waals surface area contributed by atoms with Crippen LogP contribution in [-0.4, -0.2) is 64.7 Å². The van der Waals surface area contributed by atoms with Gasteiger partial charge in [-0.05, 0) is 54.8 Å². The molecular formula is C29H32N6O2. The molecule has 2 aliphatic rings. The summed E-state index contributed by atoms with van der Waals surface area (Å²) < 4.78 is 7.49. The first-order valence-electron chi connectivity index (χ1n) is 12.9. The number of hydrogen-bond acceptors (Lipinski definition) is 6. The standard InChI is InChI=1S/C29H32N6O2/c1-21-17-33(15-16-35(21)28(36)19-34-20-31-24-8-6-13-30-29(24)34)25-10-5-7-22-12-14-32(18-23(22)25)26-9-3-4-11-27(26)37-2/h3-11,13,20-21H,12,14-19H2,1-2H3.